The van der Waals surface area contributed by atoms with Gasteiger partial charge in [-0.3, -0.25) is 24.0 Å². The number of thiazole rings is 1. The number of Topliss-reactive ketones (excluding diaryl/α,β-unsaturated/α-hetero) is 1. The SMILES string of the molecule is CC[C@H](C)[C@H](CC(=O)C(C)(C)N)C(=O)N(C)[C@H](C[C@@H](OC(C)=O)c1nc(C(=O)N[C@@H](Cc2ccccc2)C[C@H](C)C(=O)OC)cs1)C(C)C. The highest BCUT2D eigenvalue weighted by atomic mass is 32.1. The number of amides is 2. The van der Waals surface area contributed by atoms with Crippen LogP contribution in [0, 0.1) is 23.7 Å². The average molecular weight is 701 g/mol. The van der Waals surface area contributed by atoms with Crippen LogP contribution in [-0.2, 0) is 35.1 Å². The molecule has 0 fully saturated rings. The van der Waals surface area contributed by atoms with Crippen LogP contribution < -0.4 is 11.1 Å². The summed E-state index contributed by atoms with van der Waals surface area (Å²) in [5.41, 5.74) is 6.18. The Morgan fingerprint density at radius 3 is 2.20 bits per heavy atom. The van der Waals surface area contributed by atoms with Gasteiger partial charge in [-0.05, 0) is 44.1 Å². The van der Waals surface area contributed by atoms with Gasteiger partial charge in [-0.2, -0.15) is 0 Å². The van der Waals surface area contributed by atoms with Crippen LogP contribution in [0.15, 0.2) is 35.7 Å². The predicted molar refractivity (Wildman–Crippen MR) is 191 cm³/mol. The number of carbonyl (C=O) groups excluding carboxylic acids is 5. The molecule has 1 aromatic carbocycles. The summed E-state index contributed by atoms with van der Waals surface area (Å²) >= 11 is 1.20. The van der Waals surface area contributed by atoms with Crippen molar-refractivity contribution in [2.75, 3.05) is 14.2 Å². The van der Waals surface area contributed by atoms with Crippen molar-refractivity contribution < 1.29 is 33.4 Å². The minimum Gasteiger partial charge on any atom is -0.469 e. The van der Waals surface area contributed by atoms with Crippen LogP contribution in [0.25, 0.3) is 0 Å². The second-order valence-electron chi connectivity index (χ2n) is 14.0. The second kappa shape index (κ2) is 18.9. The van der Waals surface area contributed by atoms with Gasteiger partial charge < -0.3 is 25.4 Å². The molecule has 2 aromatic rings. The first kappa shape index (κ1) is 41.5. The van der Waals surface area contributed by atoms with E-state index in [2.05, 4.69) is 10.3 Å². The lowest BCUT2D eigenvalue weighted by molar-refractivity contribution is -0.149. The lowest BCUT2D eigenvalue weighted by Gasteiger charge is -2.37. The first-order valence-corrected chi connectivity index (χ1v) is 17.9. The molecule has 0 saturated carbocycles. The molecule has 0 aliphatic rings. The maximum absolute atomic E-state index is 14.0. The van der Waals surface area contributed by atoms with Crippen LogP contribution in [0.2, 0.25) is 0 Å². The fourth-order valence-corrected chi connectivity index (χ4v) is 6.66. The number of ether oxygens (including phenoxy) is 2. The Hall–Kier alpha value is -3.64. The molecule has 12 heteroatoms. The minimum atomic E-state index is -1.06. The van der Waals surface area contributed by atoms with Gasteiger partial charge in [0.05, 0.1) is 18.6 Å². The predicted octanol–water partition coefficient (Wildman–Crippen LogP) is 5.52. The van der Waals surface area contributed by atoms with Crippen LogP contribution >= 0.6 is 11.3 Å². The van der Waals surface area contributed by atoms with Gasteiger partial charge >= 0.3 is 11.9 Å². The van der Waals surface area contributed by atoms with Gasteiger partial charge in [-0.15, -0.1) is 11.3 Å². The lowest BCUT2D eigenvalue weighted by Crippen LogP contribution is -2.48. The van der Waals surface area contributed by atoms with Crippen molar-refractivity contribution in [3.8, 4) is 0 Å². The topological polar surface area (TPSA) is 158 Å². The van der Waals surface area contributed by atoms with E-state index in [0.717, 1.165) is 5.56 Å². The second-order valence-corrected chi connectivity index (χ2v) is 14.9. The van der Waals surface area contributed by atoms with E-state index in [1.165, 1.54) is 25.4 Å². The molecule has 0 spiro atoms. The first-order chi connectivity index (χ1) is 22.9. The molecular weight excluding hydrogens is 644 g/mol. The number of esters is 2. The molecule has 0 bridgehead atoms. The molecule has 0 saturated heterocycles. The molecular formula is C37H56N4O7S. The number of methoxy groups -OCH3 is 1. The molecule has 2 amide bonds. The number of benzene rings is 1. The highest BCUT2D eigenvalue weighted by molar-refractivity contribution is 7.09. The Bertz CT molecular complexity index is 1400. The fraction of sp³-hybridized carbons (Fsp3) is 0.622. The number of nitrogens with one attached hydrogen (secondary N) is 1. The van der Waals surface area contributed by atoms with Crippen molar-refractivity contribution in [2.45, 2.75) is 111 Å². The van der Waals surface area contributed by atoms with Crippen molar-refractivity contribution in [3.05, 3.63) is 52.0 Å². The number of rotatable bonds is 19. The Labute approximate surface area is 295 Å². The Kier molecular flexibility index (Phi) is 16.1. The third kappa shape index (κ3) is 12.6. The number of aromatic nitrogens is 1. The zero-order valence-electron chi connectivity index (χ0n) is 30.8. The van der Waals surface area contributed by atoms with Crippen molar-refractivity contribution in [1.82, 2.24) is 15.2 Å². The van der Waals surface area contributed by atoms with Gasteiger partial charge in [-0.1, -0.05) is 71.4 Å². The van der Waals surface area contributed by atoms with Gasteiger partial charge in [0.1, 0.15) is 10.7 Å². The molecule has 0 radical (unpaired) electrons. The summed E-state index contributed by atoms with van der Waals surface area (Å²) in [6.07, 6.45) is 1.03. The molecule has 0 unspecified atom stereocenters. The van der Waals surface area contributed by atoms with Crippen molar-refractivity contribution in [1.29, 1.82) is 0 Å². The monoisotopic (exact) mass is 700 g/mol. The molecule has 272 valence electrons. The summed E-state index contributed by atoms with van der Waals surface area (Å²) in [5, 5.41) is 5.07. The van der Waals surface area contributed by atoms with E-state index < -0.39 is 35.4 Å². The van der Waals surface area contributed by atoms with Crippen LogP contribution in [-0.4, -0.2) is 71.2 Å². The van der Waals surface area contributed by atoms with E-state index in [1.807, 2.05) is 58.0 Å². The van der Waals surface area contributed by atoms with E-state index in [9.17, 15) is 24.0 Å². The van der Waals surface area contributed by atoms with Crippen molar-refractivity contribution >= 4 is 40.9 Å². The molecule has 1 heterocycles. The Balaban J connectivity index is 2.33. The van der Waals surface area contributed by atoms with Gasteiger partial charge in [0.2, 0.25) is 5.91 Å². The van der Waals surface area contributed by atoms with E-state index in [0.29, 0.717) is 24.3 Å². The van der Waals surface area contributed by atoms with Crippen molar-refractivity contribution in [3.63, 3.8) is 0 Å². The maximum atomic E-state index is 14.0. The first-order valence-electron chi connectivity index (χ1n) is 17.0. The smallest absolute Gasteiger partial charge is 0.308 e. The van der Waals surface area contributed by atoms with Gasteiger partial charge in [-0.25, -0.2) is 4.98 Å². The summed E-state index contributed by atoms with van der Waals surface area (Å²) in [5.74, 6) is -2.74. The summed E-state index contributed by atoms with van der Waals surface area (Å²) < 4.78 is 10.7. The highest BCUT2D eigenvalue weighted by Gasteiger charge is 2.37. The molecule has 49 heavy (non-hydrogen) atoms. The van der Waals surface area contributed by atoms with Crippen LogP contribution in [0.3, 0.4) is 0 Å². The third-order valence-electron chi connectivity index (χ3n) is 9.08. The zero-order chi connectivity index (χ0) is 37.1. The summed E-state index contributed by atoms with van der Waals surface area (Å²) in [6.45, 7) is 14.3. The van der Waals surface area contributed by atoms with Crippen molar-refractivity contribution in [2.24, 2.45) is 29.4 Å². The fourth-order valence-electron chi connectivity index (χ4n) is 5.82. The average Bonchev–Trinajstić information content (AvgIpc) is 3.54. The highest BCUT2D eigenvalue weighted by Crippen LogP contribution is 2.32. The van der Waals surface area contributed by atoms with E-state index in [4.69, 9.17) is 15.2 Å². The number of hydrogen-bond donors (Lipinski definition) is 2. The Morgan fingerprint density at radius 2 is 1.67 bits per heavy atom. The molecule has 1 aromatic heterocycles. The summed E-state index contributed by atoms with van der Waals surface area (Å²) in [6, 6.07) is 8.91. The quantitative estimate of drug-likeness (QED) is 0.180. The minimum absolute atomic E-state index is 0.0362. The number of carbonyl (C=O) groups is 5. The van der Waals surface area contributed by atoms with E-state index in [1.54, 1.807) is 38.1 Å². The van der Waals surface area contributed by atoms with E-state index >= 15 is 0 Å². The van der Waals surface area contributed by atoms with Crippen LogP contribution in [0.5, 0.6) is 0 Å². The van der Waals surface area contributed by atoms with Gasteiger partial charge in [0.25, 0.3) is 5.91 Å². The molecule has 6 atom stereocenters. The number of hydrogen-bond acceptors (Lipinski definition) is 10. The number of ketones is 1. The normalized spacial score (nSPS) is 15.3. The molecule has 3 N–H and O–H groups in total. The van der Waals surface area contributed by atoms with Gasteiger partial charge in [0.15, 0.2) is 11.9 Å². The van der Waals surface area contributed by atoms with E-state index in [-0.39, 0.29) is 60.1 Å². The molecule has 0 aliphatic carbocycles. The number of nitrogens with zero attached hydrogens (tertiary/aromatic N) is 2. The maximum Gasteiger partial charge on any atom is 0.308 e. The Morgan fingerprint density at radius 1 is 1.04 bits per heavy atom. The summed E-state index contributed by atoms with van der Waals surface area (Å²) in [7, 11) is 3.05. The van der Waals surface area contributed by atoms with Gasteiger partial charge in [0, 0.05) is 50.2 Å². The number of nitrogens with two attached hydrogens (primary N) is 1. The molecule has 2 rings (SSSR count). The standard InChI is InChI=1S/C37H56N4O7S/c1-11-23(4)28(19-32(43)37(7,8)38)35(45)41(9)30(22(2)3)20-31(48-25(6)42)34-40-29(21-49-34)33(44)39-27(17-24(5)36(46)47-10)18-26-15-13-12-14-16-26/h12-16,21-24,27-28,30-31H,11,17-20,38H2,1-10H3,(H,39,44)/t23-,24-,27+,28-,30+,31+/m0/s1. The van der Waals surface area contributed by atoms with Crippen LogP contribution in [0.4, 0.5) is 0 Å². The summed E-state index contributed by atoms with van der Waals surface area (Å²) in [4.78, 5) is 71.1. The largest absolute Gasteiger partial charge is 0.469 e. The third-order valence-corrected chi connectivity index (χ3v) is 10.0. The molecule has 0 aliphatic heterocycles. The zero-order valence-corrected chi connectivity index (χ0v) is 31.6. The lowest BCUT2D eigenvalue weighted by atomic mass is 9.82. The molecule has 11 nitrogen and oxygen atoms in total. The van der Waals surface area contributed by atoms with Crippen LogP contribution in [0.1, 0.15) is 108 Å².